The van der Waals surface area contributed by atoms with Gasteiger partial charge in [-0.3, -0.25) is 4.98 Å². The number of benzene rings is 1. The first kappa shape index (κ1) is 14.8. The van der Waals surface area contributed by atoms with Crippen LogP contribution in [0.1, 0.15) is 50.4 Å². The van der Waals surface area contributed by atoms with E-state index in [9.17, 15) is 0 Å². The fourth-order valence-electron chi connectivity index (χ4n) is 2.72. The maximum atomic E-state index is 4.82. The lowest BCUT2D eigenvalue weighted by molar-refractivity contribution is 0.922. The van der Waals surface area contributed by atoms with Crippen LogP contribution in [-0.2, 0) is 12.8 Å². The maximum absolute atomic E-state index is 4.82. The van der Waals surface area contributed by atoms with Crippen molar-refractivity contribution in [2.45, 2.75) is 53.4 Å². The van der Waals surface area contributed by atoms with Crippen LogP contribution in [0.3, 0.4) is 0 Å². The molecule has 0 amide bonds. The predicted molar refractivity (Wildman–Crippen MR) is 88.6 cm³/mol. The van der Waals surface area contributed by atoms with Gasteiger partial charge >= 0.3 is 0 Å². The number of anilines is 1. The first-order chi connectivity index (χ1) is 9.71. The van der Waals surface area contributed by atoms with E-state index in [0.717, 1.165) is 31.3 Å². The Hall–Kier alpha value is -1.57. The zero-order valence-electron chi connectivity index (χ0n) is 13.2. The van der Waals surface area contributed by atoms with Gasteiger partial charge < -0.3 is 5.32 Å². The van der Waals surface area contributed by atoms with Crippen molar-refractivity contribution in [2.24, 2.45) is 0 Å². The van der Waals surface area contributed by atoms with Gasteiger partial charge in [0, 0.05) is 23.3 Å². The molecule has 0 saturated carbocycles. The Bertz CT molecular complexity index is 587. The summed E-state index contributed by atoms with van der Waals surface area (Å²) in [6.07, 6.45) is 4.44. The van der Waals surface area contributed by atoms with Gasteiger partial charge in [0.1, 0.15) is 0 Å². The quantitative estimate of drug-likeness (QED) is 0.809. The molecule has 1 N–H and O–H groups in total. The summed E-state index contributed by atoms with van der Waals surface area (Å²) in [5.74, 6) is 0. The van der Waals surface area contributed by atoms with E-state index in [2.05, 4.69) is 51.2 Å². The molecule has 2 rings (SSSR count). The second-order valence-corrected chi connectivity index (χ2v) is 5.44. The molecule has 0 fully saturated rings. The lowest BCUT2D eigenvalue weighted by atomic mass is 10.0. The van der Waals surface area contributed by atoms with E-state index in [4.69, 9.17) is 4.98 Å². The molecule has 108 valence electrons. The van der Waals surface area contributed by atoms with Gasteiger partial charge in [-0.05, 0) is 49.4 Å². The van der Waals surface area contributed by atoms with Crippen molar-refractivity contribution >= 4 is 16.6 Å². The third kappa shape index (κ3) is 2.95. The summed E-state index contributed by atoms with van der Waals surface area (Å²) in [7, 11) is 0. The number of pyridine rings is 1. The fourth-order valence-corrected chi connectivity index (χ4v) is 2.72. The number of aromatic nitrogens is 1. The number of hydrogen-bond acceptors (Lipinski definition) is 2. The largest absolute Gasteiger partial charge is 0.384 e. The van der Waals surface area contributed by atoms with Crippen LogP contribution in [-0.4, -0.2) is 11.5 Å². The van der Waals surface area contributed by atoms with Crippen molar-refractivity contribution < 1.29 is 0 Å². The highest BCUT2D eigenvalue weighted by atomic mass is 14.9. The molecule has 2 heteroatoms. The standard InChI is InChI=1S/C18H26N2/c1-5-8-14-9-10-17-15(12-14)18(19-11-6-2)13(4)16(7-3)20-17/h9-10,12H,5-8,11H2,1-4H3,(H,19,20). The Morgan fingerprint density at radius 2 is 1.90 bits per heavy atom. The van der Waals surface area contributed by atoms with Crippen molar-refractivity contribution in [3.63, 3.8) is 0 Å². The van der Waals surface area contributed by atoms with Crippen LogP contribution in [0.2, 0.25) is 0 Å². The molecular formula is C18H26N2. The van der Waals surface area contributed by atoms with Gasteiger partial charge in [0.05, 0.1) is 5.52 Å². The van der Waals surface area contributed by atoms with Crippen LogP contribution < -0.4 is 5.32 Å². The minimum Gasteiger partial charge on any atom is -0.384 e. The van der Waals surface area contributed by atoms with Gasteiger partial charge in [-0.25, -0.2) is 0 Å². The number of rotatable bonds is 6. The summed E-state index contributed by atoms with van der Waals surface area (Å²) >= 11 is 0. The van der Waals surface area contributed by atoms with Crippen LogP contribution in [0.5, 0.6) is 0 Å². The van der Waals surface area contributed by atoms with E-state index in [-0.39, 0.29) is 0 Å². The Morgan fingerprint density at radius 3 is 2.55 bits per heavy atom. The summed E-state index contributed by atoms with van der Waals surface area (Å²) in [4.78, 5) is 4.82. The number of aryl methyl sites for hydroxylation is 2. The lowest BCUT2D eigenvalue weighted by Gasteiger charge is -2.16. The number of nitrogens with zero attached hydrogens (tertiary/aromatic N) is 1. The van der Waals surface area contributed by atoms with Crippen molar-refractivity contribution in [3.8, 4) is 0 Å². The average Bonchev–Trinajstić information content (AvgIpc) is 2.46. The minimum atomic E-state index is 0.985. The van der Waals surface area contributed by atoms with Gasteiger partial charge in [-0.1, -0.05) is 33.3 Å². The molecule has 2 aromatic rings. The molecule has 0 bridgehead atoms. The molecule has 0 unspecified atom stereocenters. The van der Waals surface area contributed by atoms with E-state index in [0.29, 0.717) is 0 Å². The molecule has 0 aliphatic carbocycles. The van der Waals surface area contributed by atoms with Crippen molar-refractivity contribution in [1.29, 1.82) is 0 Å². The number of fused-ring (bicyclic) bond motifs is 1. The van der Waals surface area contributed by atoms with Crippen molar-refractivity contribution in [2.75, 3.05) is 11.9 Å². The molecule has 0 radical (unpaired) electrons. The van der Waals surface area contributed by atoms with Crippen molar-refractivity contribution in [3.05, 3.63) is 35.0 Å². The SMILES string of the molecule is CCCNc1c(C)c(CC)nc2ccc(CCC)cc12. The van der Waals surface area contributed by atoms with Gasteiger partial charge in [-0.2, -0.15) is 0 Å². The van der Waals surface area contributed by atoms with E-state index >= 15 is 0 Å². The second-order valence-electron chi connectivity index (χ2n) is 5.44. The number of nitrogens with one attached hydrogen (secondary N) is 1. The highest BCUT2D eigenvalue weighted by molar-refractivity contribution is 5.93. The number of hydrogen-bond donors (Lipinski definition) is 1. The van der Waals surface area contributed by atoms with Crippen LogP contribution >= 0.6 is 0 Å². The topological polar surface area (TPSA) is 24.9 Å². The zero-order chi connectivity index (χ0) is 14.5. The predicted octanol–water partition coefficient (Wildman–Crippen LogP) is 4.88. The Morgan fingerprint density at radius 1 is 1.10 bits per heavy atom. The first-order valence-electron chi connectivity index (χ1n) is 7.87. The highest BCUT2D eigenvalue weighted by Crippen LogP contribution is 2.29. The van der Waals surface area contributed by atoms with E-state index in [1.54, 1.807) is 0 Å². The summed E-state index contributed by atoms with van der Waals surface area (Å²) in [6.45, 7) is 9.81. The van der Waals surface area contributed by atoms with Crippen LogP contribution in [0, 0.1) is 6.92 Å². The third-order valence-corrected chi connectivity index (χ3v) is 3.82. The lowest BCUT2D eigenvalue weighted by Crippen LogP contribution is -2.06. The van der Waals surface area contributed by atoms with Gasteiger partial charge in [-0.15, -0.1) is 0 Å². The zero-order valence-corrected chi connectivity index (χ0v) is 13.2. The monoisotopic (exact) mass is 270 g/mol. The summed E-state index contributed by atoms with van der Waals surface area (Å²) < 4.78 is 0. The normalized spacial score (nSPS) is 11.0. The molecule has 0 aliphatic rings. The fraction of sp³-hybridized carbons (Fsp3) is 0.500. The summed E-state index contributed by atoms with van der Waals surface area (Å²) in [6, 6.07) is 6.71. The Kier molecular flexibility index (Phi) is 4.99. The first-order valence-corrected chi connectivity index (χ1v) is 7.87. The summed E-state index contributed by atoms with van der Waals surface area (Å²) in [5, 5.41) is 4.89. The molecule has 1 aromatic carbocycles. The maximum Gasteiger partial charge on any atom is 0.0726 e. The molecule has 1 heterocycles. The van der Waals surface area contributed by atoms with E-state index in [1.807, 2.05) is 0 Å². The van der Waals surface area contributed by atoms with Crippen LogP contribution in [0.25, 0.3) is 10.9 Å². The molecular weight excluding hydrogens is 244 g/mol. The summed E-state index contributed by atoms with van der Waals surface area (Å²) in [5.41, 5.74) is 6.32. The smallest absolute Gasteiger partial charge is 0.0726 e. The molecule has 2 nitrogen and oxygen atoms in total. The van der Waals surface area contributed by atoms with Crippen LogP contribution in [0.4, 0.5) is 5.69 Å². The molecule has 1 aromatic heterocycles. The average molecular weight is 270 g/mol. The van der Waals surface area contributed by atoms with Gasteiger partial charge in [0.2, 0.25) is 0 Å². The Labute approximate surface area is 122 Å². The van der Waals surface area contributed by atoms with Gasteiger partial charge in [0.25, 0.3) is 0 Å². The van der Waals surface area contributed by atoms with E-state index in [1.165, 1.54) is 34.3 Å². The minimum absolute atomic E-state index is 0.985. The third-order valence-electron chi connectivity index (χ3n) is 3.82. The molecule has 0 atom stereocenters. The Balaban J connectivity index is 2.60. The molecule has 0 saturated heterocycles. The highest BCUT2D eigenvalue weighted by Gasteiger charge is 2.11. The molecule has 0 spiro atoms. The second kappa shape index (κ2) is 6.74. The van der Waals surface area contributed by atoms with E-state index < -0.39 is 0 Å². The molecule has 20 heavy (non-hydrogen) atoms. The van der Waals surface area contributed by atoms with Crippen LogP contribution in [0.15, 0.2) is 18.2 Å². The van der Waals surface area contributed by atoms with Crippen molar-refractivity contribution in [1.82, 2.24) is 4.98 Å². The molecule has 0 aliphatic heterocycles. The van der Waals surface area contributed by atoms with Gasteiger partial charge in [0.15, 0.2) is 0 Å².